The largest absolute Gasteiger partial charge is 0.493 e. The van der Waals surface area contributed by atoms with Crippen LogP contribution in [0.3, 0.4) is 0 Å². The van der Waals surface area contributed by atoms with E-state index >= 15 is 0 Å². The average Bonchev–Trinajstić information content (AvgIpc) is 2.93. The maximum absolute atomic E-state index is 5.42. The minimum atomic E-state index is 0.266. The van der Waals surface area contributed by atoms with Gasteiger partial charge < -0.3 is 24.3 Å². The van der Waals surface area contributed by atoms with E-state index in [-0.39, 0.29) is 6.79 Å². The van der Waals surface area contributed by atoms with Gasteiger partial charge in [0, 0.05) is 25.8 Å². The molecule has 2 aliphatic rings. The highest BCUT2D eigenvalue weighted by Crippen LogP contribution is 2.41. The van der Waals surface area contributed by atoms with E-state index in [1.165, 1.54) is 0 Å². The Morgan fingerprint density at radius 1 is 1.26 bits per heavy atom. The van der Waals surface area contributed by atoms with Gasteiger partial charge in [-0.25, -0.2) is 0 Å². The van der Waals surface area contributed by atoms with Gasteiger partial charge >= 0.3 is 0 Å². The fourth-order valence-electron chi connectivity index (χ4n) is 2.45. The summed E-state index contributed by atoms with van der Waals surface area (Å²) in [5, 5.41) is 3.55. The van der Waals surface area contributed by atoms with Crippen LogP contribution >= 0.6 is 0 Å². The van der Waals surface area contributed by atoms with Crippen molar-refractivity contribution in [3.8, 4) is 17.2 Å². The fourth-order valence-corrected chi connectivity index (χ4v) is 2.45. The zero-order valence-corrected chi connectivity index (χ0v) is 11.1. The molecular weight excluding hydrogens is 246 g/mol. The molecule has 5 heteroatoms. The average molecular weight is 265 g/mol. The lowest BCUT2D eigenvalue weighted by atomic mass is 10.1. The Balaban J connectivity index is 1.67. The van der Waals surface area contributed by atoms with Crippen molar-refractivity contribution in [3.05, 3.63) is 17.7 Å². The van der Waals surface area contributed by atoms with Crippen LogP contribution in [0.4, 0.5) is 0 Å². The number of hydrogen-bond acceptors (Lipinski definition) is 5. The normalized spacial score (nSPS) is 18.6. The van der Waals surface area contributed by atoms with Crippen LogP contribution in [0.15, 0.2) is 12.1 Å². The Bertz CT molecular complexity index is 443. The van der Waals surface area contributed by atoms with E-state index in [1.54, 1.807) is 7.11 Å². The number of benzene rings is 1. The van der Waals surface area contributed by atoms with Gasteiger partial charge in [-0.15, -0.1) is 0 Å². The summed E-state index contributed by atoms with van der Waals surface area (Å²) in [6.07, 6.45) is 2.14. The zero-order valence-electron chi connectivity index (χ0n) is 11.1. The standard InChI is InChI=1S/C14H19NO4/c1-16-12-6-10(7-13-14(12)19-9-18-13)8-15-11-2-4-17-5-3-11/h6-7,11,15H,2-5,8-9H2,1H3. The van der Waals surface area contributed by atoms with Crippen molar-refractivity contribution in [2.24, 2.45) is 0 Å². The first kappa shape index (κ1) is 12.6. The molecular formula is C14H19NO4. The first-order valence-electron chi connectivity index (χ1n) is 6.64. The lowest BCUT2D eigenvalue weighted by molar-refractivity contribution is 0.0776. The van der Waals surface area contributed by atoms with Crippen molar-refractivity contribution in [2.75, 3.05) is 27.1 Å². The molecule has 19 heavy (non-hydrogen) atoms. The molecule has 0 amide bonds. The second kappa shape index (κ2) is 5.67. The van der Waals surface area contributed by atoms with Crippen LogP contribution < -0.4 is 19.5 Å². The maximum atomic E-state index is 5.42. The SMILES string of the molecule is COc1cc(CNC2CCOCC2)cc2c1OCO2. The van der Waals surface area contributed by atoms with Gasteiger partial charge in [-0.3, -0.25) is 0 Å². The number of fused-ring (bicyclic) bond motifs is 1. The summed E-state index contributed by atoms with van der Waals surface area (Å²) >= 11 is 0. The molecule has 0 unspecified atom stereocenters. The van der Waals surface area contributed by atoms with E-state index in [2.05, 4.69) is 5.32 Å². The van der Waals surface area contributed by atoms with Crippen LogP contribution in [0.25, 0.3) is 0 Å². The number of ether oxygens (including phenoxy) is 4. The molecule has 0 spiro atoms. The topological polar surface area (TPSA) is 49.0 Å². The summed E-state index contributed by atoms with van der Waals surface area (Å²) < 4.78 is 21.5. The van der Waals surface area contributed by atoms with Gasteiger partial charge in [0.05, 0.1) is 7.11 Å². The number of rotatable bonds is 4. The predicted octanol–water partition coefficient (Wildman–Crippen LogP) is 1.69. The highest BCUT2D eigenvalue weighted by Gasteiger charge is 2.20. The van der Waals surface area contributed by atoms with Crippen LogP contribution in [-0.4, -0.2) is 33.2 Å². The van der Waals surface area contributed by atoms with Crippen molar-refractivity contribution < 1.29 is 18.9 Å². The Morgan fingerprint density at radius 2 is 2.11 bits per heavy atom. The van der Waals surface area contributed by atoms with Gasteiger partial charge in [-0.2, -0.15) is 0 Å². The Labute approximate surface area is 112 Å². The van der Waals surface area contributed by atoms with Crippen LogP contribution in [0.2, 0.25) is 0 Å². The molecule has 1 fully saturated rings. The molecule has 0 aliphatic carbocycles. The Kier molecular flexibility index (Phi) is 3.75. The zero-order chi connectivity index (χ0) is 13.1. The molecule has 5 nitrogen and oxygen atoms in total. The van der Waals surface area contributed by atoms with Gasteiger partial charge in [0.25, 0.3) is 0 Å². The van der Waals surface area contributed by atoms with Gasteiger partial charge in [0.2, 0.25) is 12.5 Å². The monoisotopic (exact) mass is 265 g/mol. The first-order chi connectivity index (χ1) is 9.36. The molecule has 2 aliphatic heterocycles. The smallest absolute Gasteiger partial charge is 0.231 e. The molecule has 0 aromatic heterocycles. The van der Waals surface area contributed by atoms with Crippen molar-refractivity contribution in [3.63, 3.8) is 0 Å². The molecule has 1 aromatic rings. The first-order valence-corrected chi connectivity index (χ1v) is 6.64. The Morgan fingerprint density at radius 3 is 2.89 bits per heavy atom. The minimum absolute atomic E-state index is 0.266. The minimum Gasteiger partial charge on any atom is -0.493 e. The van der Waals surface area contributed by atoms with Crippen LogP contribution in [0.5, 0.6) is 17.2 Å². The summed E-state index contributed by atoms with van der Waals surface area (Å²) in [4.78, 5) is 0. The van der Waals surface area contributed by atoms with Crippen molar-refractivity contribution in [1.82, 2.24) is 5.32 Å². The van der Waals surface area contributed by atoms with E-state index in [0.717, 1.165) is 49.7 Å². The molecule has 3 rings (SSSR count). The van der Waals surface area contributed by atoms with Crippen molar-refractivity contribution >= 4 is 0 Å². The fraction of sp³-hybridized carbons (Fsp3) is 0.571. The van der Waals surface area contributed by atoms with Gasteiger partial charge in [0.1, 0.15) is 0 Å². The van der Waals surface area contributed by atoms with Crippen LogP contribution in [-0.2, 0) is 11.3 Å². The summed E-state index contributed by atoms with van der Waals surface area (Å²) in [5.74, 6) is 2.21. The molecule has 0 atom stereocenters. The number of methoxy groups -OCH3 is 1. The molecule has 0 radical (unpaired) electrons. The predicted molar refractivity (Wildman–Crippen MR) is 69.8 cm³/mol. The van der Waals surface area contributed by atoms with Crippen molar-refractivity contribution in [2.45, 2.75) is 25.4 Å². The molecule has 0 bridgehead atoms. The number of nitrogens with one attached hydrogen (secondary N) is 1. The quantitative estimate of drug-likeness (QED) is 0.897. The summed E-state index contributed by atoms with van der Waals surface area (Å²) in [7, 11) is 1.65. The molecule has 0 saturated carbocycles. The highest BCUT2D eigenvalue weighted by atomic mass is 16.7. The lowest BCUT2D eigenvalue weighted by Crippen LogP contribution is -2.34. The molecule has 1 aromatic carbocycles. The van der Waals surface area contributed by atoms with Gasteiger partial charge in [-0.1, -0.05) is 0 Å². The van der Waals surface area contributed by atoms with Crippen molar-refractivity contribution in [1.29, 1.82) is 0 Å². The second-order valence-corrected chi connectivity index (χ2v) is 4.80. The Hall–Kier alpha value is -1.46. The highest BCUT2D eigenvalue weighted by molar-refractivity contribution is 5.55. The third-order valence-electron chi connectivity index (χ3n) is 3.53. The molecule has 1 N–H and O–H groups in total. The summed E-state index contributed by atoms with van der Waals surface area (Å²) in [6, 6.07) is 4.54. The molecule has 104 valence electrons. The second-order valence-electron chi connectivity index (χ2n) is 4.80. The van der Waals surface area contributed by atoms with E-state index in [0.29, 0.717) is 11.8 Å². The van der Waals surface area contributed by atoms with E-state index in [4.69, 9.17) is 18.9 Å². The summed E-state index contributed by atoms with van der Waals surface area (Å²) in [5.41, 5.74) is 1.15. The third kappa shape index (κ3) is 2.77. The number of hydrogen-bond donors (Lipinski definition) is 1. The summed E-state index contributed by atoms with van der Waals surface area (Å²) in [6.45, 7) is 2.77. The maximum Gasteiger partial charge on any atom is 0.231 e. The van der Waals surface area contributed by atoms with Gasteiger partial charge in [0.15, 0.2) is 11.5 Å². The molecule has 2 heterocycles. The van der Waals surface area contributed by atoms with E-state index in [1.807, 2.05) is 12.1 Å². The van der Waals surface area contributed by atoms with Gasteiger partial charge in [-0.05, 0) is 30.5 Å². The van der Waals surface area contributed by atoms with Crippen LogP contribution in [0, 0.1) is 0 Å². The van der Waals surface area contributed by atoms with E-state index in [9.17, 15) is 0 Å². The lowest BCUT2D eigenvalue weighted by Gasteiger charge is -2.23. The van der Waals surface area contributed by atoms with Crippen LogP contribution in [0.1, 0.15) is 18.4 Å². The van der Waals surface area contributed by atoms with E-state index < -0.39 is 0 Å². The molecule has 1 saturated heterocycles. The third-order valence-corrected chi connectivity index (χ3v) is 3.53.